The van der Waals surface area contributed by atoms with E-state index in [0.717, 1.165) is 26.2 Å². The molecule has 1 aliphatic heterocycles. The van der Waals surface area contributed by atoms with Crippen molar-refractivity contribution in [3.05, 3.63) is 0 Å². The molecule has 0 atom stereocenters. The van der Waals surface area contributed by atoms with Gasteiger partial charge in [-0.15, -0.1) is 0 Å². The first-order chi connectivity index (χ1) is 5.54. The van der Waals surface area contributed by atoms with Crippen LogP contribution in [0.1, 0.15) is 34.1 Å². The van der Waals surface area contributed by atoms with Crippen molar-refractivity contribution in [2.24, 2.45) is 0 Å². The largest absolute Gasteiger partial charge is 0.380 e. The van der Waals surface area contributed by atoms with Gasteiger partial charge in [-0.1, -0.05) is 0 Å². The lowest BCUT2D eigenvalue weighted by Gasteiger charge is -2.39. The second-order valence-electron chi connectivity index (χ2n) is 4.46. The molecule has 1 saturated heterocycles. The Kier molecular flexibility index (Phi) is 3.13. The van der Waals surface area contributed by atoms with E-state index < -0.39 is 0 Å². The van der Waals surface area contributed by atoms with Gasteiger partial charge in [-0.3, -0.25) is 4.90 Å². The van der Waals surface area contributed by atoms with E-state index in [-0.39, 0.29) is 0 Å². The first-order valence-electron chi connectivity index (χ1n) is 4.88. The van der Waals surface area contributed by atoms with Crippen molar-refractivity contribution in [3.8, 4) is 0 Å². The third-order valence-corrected chi connectivity index (χ3v) is 2.74. The van der Waals surface area contributed by atoms with Crippen LogP contribution in [0.4, 0.5) is 0 Å². The summed E-state index contributed by atoms with van der Waals surface area (Å²) in [5.74, 6) is 0. The zero-order valence-corrected chi connectivity index (χ0v) is 8.76. The SMILES string of the molecule is CC(C)N1CCOCCC1(C)C. The lowest BCUT2D eigenvalue weighted by atomic mass is 9.97. The van der Waals surface area contributed by atoms with Crippen LogP contribution in [0.25, 0.3) is 0 Å². The van der Waals surface area contributed by atoms with Crippen LogP contribution in [0.3, 0.4) is 0 Å². The Morgan fingerprint density at radius 3 is 2.50 bits per heavy atom. The molecule has 1 aliphatic rings. The van der Waals surface area contributed by atoms with Gasteiger partial charge in [0, 0.05) is 24.7 Å². The molecule has 0 spiro atoms. The number of rotatable bonds is 1. The van der Waals surface area contributed by atoms with E-state index in [1.807, 2.05) is 0 Å². The topological polar surface area (TPSA) is 12.5 Å². The first-order valence-corrected chi connectivity index (χ1v) is 4.88. The smallest absolute Gasteiger partial charge is 0.0593 e. The standard InChI is InChI=1S/C10H21NO/c1-9(2)11-6-8-12-7-5-10(11,3)4/h9H,5-8H2,1-4H3. The Balaban J connectivity index is 2.65. The van der Waals surface area contributed by atoms with E-state index in [9.17, 15) is 0 Å². The van der Waals surface area contributed by atoms with E-state index >= 15 is 0 Å². The fourth-order valence-electron chi connectivity index (χ4n) is 1.99. The van der Waals surface area contributed by atoms with Crippen molar-refractivity contribution in [3.63, 3.8) is 0 Å². The molecule has 0 saturated carbocycles. The molecule has 0 aromatic carbocycles. The van der Waals surface area contributed by atoms with E-state index in [1.165, 1.54) is 0 Å². The Labute approximate surface area is 75.9 Å². The van der Waals surface area contributed by atoms with E-state index in [2.05, 4.69) is 32.6 Å². The third-order valence-electron chi connectivity index (χ3n) is 2.74. The molecule has 1 fully saturated rings. The minimum absolute atomic E-state index is 0.310. The number of hydrogen-bond donors (Lipinski definition) is 0. The second kappa shape index (κ2) is 3.75. The number of ether oxygens (including phenoxy) is 1. The summed E-state index contributed by atoms with van der Waals surface area (Å²) in [5, 5.41) is 0. The summed E-state index contributed by atoms with van der Waals surface area (Å²) in [5.41, 5.74) is 0.310. The molecule has 1 heterocycles. The molecule has 2 nitrogen and oxygen atoms in total. The van der Waals surface area contributed by atoms with Crippen LogP contribution in [0.15, 0.2) is 0 Å². The third kappa shape index (κ3) is 2.20. The molecule has 0 aromatic heterocycles. The normalized spacial score (nSPS) is 25.8. The average Bonchev–Trinajstić information content (AvgIpc) is 2.09. The van der Waals surface area contributed by atoms with Gasteiger partial charge in [-0.25, -0.2) is 0 Å². The first kappa shape index (κ1) is 10.0. The van der Waals surface area contributed by atoms with E-state index in [4.69, 9.17) is 4.74 Å². The molecule has 0 aliphatic carbocycles. The van der Waals surface area contributed by atoms with Crippen molar-refractivity contribution >= 4 is 0 Å². The maximum absolute atomic E-state index is 5.47. The van der Waals surface area contributed by atoms with E-state index in [0.29, 0.717) is 11.6 Å². The molecule has 0 aromatic rings. The number of nitrogens with zero attached hydrogens (tertiary/aromatic N) is 1. The molecule has 0 unspecified atom stereocenters. The lowest BCUT2D eigenvalue weighted by Crippen LogP contribution is -2.48. The van der Waals surface area contributed by atoms with Gasteiger partial charge < -0.3 is 4.74 Å². The van der Waals surface area contributed by atoms with Crippen molar-refractivity contribution in [2.75, 3.05) is 19.8 Å². The molecule has 0 bridgehead atoms. The summed E-state index contributed by atoms with van der Waals surface area (Å²) >= 11 is 0. The second-order valence-corrected chi connectivity index (χ2v) is 4.46. The Bertz CT molecular complexity index is 143. The van der Waals surface area contributed by atoms with Gasteiger partial charge >= 0.3 is 0 Å². The van der Waals surface area contributed by atoms with Crippen LogP contribution in [0.5, 0.6) is 0 Å². The van der Waals surface area contributed by atoms with Crippen molar-refractivity contribution in [1.29, 1.82) is 0 Å². The van der Waals surface area contributed by atoms with Crippen LogP contribution in [-0.4, -0.2) is 36.2 Å². The van der Waals surface area contributed by atoms with Crippen LogP contribution in [0, 0.1) is 0 Å². The van der Waals surface area contributed by atoms with Crippen molar-refractivity contribution in [2.45, 2.75) is 45.7 Å². The lowest BCUT2D eigenvalue weighted by molar-refractivity contribution is 0.0899. The highest BCUT2D eigenvalue weighted by molar-refractivity contribution is 4.85. The molecular formula is C10H21NO. The van der Waals surface area contributed by atoms with E-state index in [1.54, 1.807) is 0 Å². The highest BCUT2D eigenvalue weighted by Crippen LogP contribution is 2.23. The van der Waals surface area contributed by atoms with Crippen LogP contribution in [-0.2, 0) is 4.74 Å². The summed E-state index contributed by atoms with van der Waals surface area (Å²) in [6, 6.07) is 0.627. The highest BCUT2D eigenvalue weighted by atomic mass is 16.5. The Hall–Kier alpha value is -0.0800. The fraction of sp³-hybridized carbons (Fsp3) is 1.00. The molecule has 0 N–H and O–H groups in total. The van der Waals surface area contributed by atoms with Gasteiger partial charge in [-0.05, 0) is 34.1 Å². The molecule has 2 heteroatoms. The minimum atomic E-state index is 0.310. The molecule has 12 heavy (non-hydrogen) atoms. The molecule has 0 radical (unpaired) electrons. The fourth-order valence-corrected chi connectivity index (χ4v) is 1.99. The van der Waals surface area contributed by atoms with Crippen molar-refractivity contribution < 1.29 is 4.74 Å². The van der Waals surface area contributed by atoms with Gasteiger partial charge in [0.1, 0.15) is 0 Å². The maximum atomic E-state index is 5.47. The average molecular weight is 171 g/mol. The van der Waals surface area contributed by atoms with Crippen LogP contribution in [0.2, 0.25) is 0 Å². The summed E-state index contributed by atoms with van der Waals surface area (Å²) in [6.07, 6.45) is 1.14. The minimum Gasteiger partial charge on any atom is -0.380 e. The molecule has 72 valence electrons. The summed E-state index contributed by atoms with van der Waals surface area (Å²) < 4.78 is 5.47. The predicted octanol–water partition coefficient (Wildman–Crippen LogP) is 1.90. The quantitative estimate of drug-likeness (QED) is 0.597. The van der Waals surface area contributed by atoms with Gasteiger partial charge in [0.15, 0.2) is 0 Å². The monoisotopic (exact) mass is 171 g/mol. The summed E-state index contributed by atoms with van der Waals surface area (Å²) in [4.78, 5) is 2.53. The summed E-state index contributed by atoms with van der Waals surface area (Å²) in [6.45, 7) is 12.0. The zero-order valence-electron chi connectivity index (χ0n) is 8.76. The highest BCUT2D eigenvalue weighted by Gasteiger charge is 2.29. The van der Waals surface area contributed by atoms with Gasteiger partial charge in [0.25, 0.3) is 0 Å². The zero-order chi connectivity index (χ0) is 9.19. The predicted molar refractivity (Wildman–Crippen MR) is 51.4 cm³/mol. The summed E-state index contributed by atoms with van der Waals surface area (Å²) in [7, 11) is 0. The van der Waals surface area contributed by atoms with Gasteiger partial charge in [-0.2, -0.15) is 0 Å². The Morgan fingerprint density at radius 2 is 1.92 bits per heavy atom. The van der Waals surface area contributed by atoms with Crippen LogP contribution >= 0.6 is 0 Å². The van der Waals surface area contributed by atoms with Crippen LogP contribution < -0.4 is 0 Å². The Morgan fingerprint density at radius 1 is 1.25 bits per heavy atom. The van der Waals surface area contributed by atoms with Gasteiger partial charge in [0.05, 0.1) is 6.61 Å². The molecule has 0 amide bonds. The number of hydrogen-bond acceptors (Lipinski definition) is 2. The van der Waals surface area contributed by atoms with Gasteiger partial charge in [0.2, 0.25) is 0 Å². The molecule has 1 rings (SSSR count). The maximum Gasteiger partial charge on any atom is 0.0593 e. The molecular weight excluding hydrogens is 150 g/mol. The van der Waals surface area contributed by atoms with Crippen molar-refractivity contribution in [1.82, 2.24) is 4.90 Å².